The van der Waals surface area contributed by atoms with Gasteiger partial charge in [-0.1, -0.05) is 12.8 Å². The van der Waals surface area contributed by atoms with E-state index in [4.69, 9.17) is 4.74 Å². The van der Waals surface area contributed by atoms with Crippen molar-refractivity contribution in [3.8, 4) is 0 Å². The molecular weight excluding hydrogens is 290 g/mol. The number of hydrogen-bond donors (Lipinski definition) is 1. The molecule has 0 aromatic carbocycles. The van der Waals surface area contributed by atoms with E-state index in [2.05, 4.69) is 15.1 Å². The highest BCUT2D eigenvalue weighted by molar-refractivity contribution is 5.82. The van der Waals surface area contributed by atoms with Crippen molar-refractivity contribution in [2.24, 2.45) is 5.92 Å². The lowest BCUT2D eigenvalue weighted by Gasteiger charge is -2.41. The van der Waals surface area contributed by atoms with Crippen molar-refractivity contribution in [2.45, 2.75) is 63.1 Å². The molecule has 23 heavy (non-hydrogen) atoms. The predicted octanol–water partition coefficient (Wildman–Crippen LogP) is 1.23. The molecule has 0 bridgehead atoms. The second-order valence-electron chi connectivity index (χ2n) is 7.81. The molecule has 0 aromatic rings. The van der Waals surface area contributed by atoms with E-state index in [1.54, 1.807) is 0 Å². The van der Waals surface area contributed by atoms with Gasteiger partial charge >= 0.3 is 0 Å². The molecule has 0 spiro atoms. The van der Waals surface area contributed by atoms with E-state index < -0.39 is 0 Å². The molecule has 3 atom stereocenters. The number of fused-ring (bicyclic) bond motifs is 1. The van der Waals surface area contributed by atoms with Gasteiger partial charge in [0.1, 0.15) is 0 Å². The summed E-state index contributed by atoms with van der Waals surface area (Å²) < 4.78 is 5.46. The Labute approximate surface area is 139 Å². The van der Waals surface area contributed by atoms with Gasteiger partial charge in [-0.15, -0.1) is 0 Å². The van der Waals surface area contributed by atoms with Crippen LogP contribution < -0.4 is 5.32 Å². The SMILES string of the molecule is O=C(C1CC2CCCCC2N1)N1CCN(C2CCOCC2)CC1. The lowest BCUT2D eigenvalue weighted by molar-refractivity contribution is -0.135. The van der Waals surface area contributed by atoms with Crippen LogP contribution in [-0.2, 0) is 9.53 Å². The fraction of sp³-hybridized carbons (Fsp3) is 0.944. The van der Waals surface area contributed by atoms with E-state index in [0.29, 0.717) is 18.0 Å². The molecule has 1 aliphatic carbocycles. The molecule has 1 saturated carbocycles. The number of rotatable bonds is 2. The summed E-state index contributed by atoms with van der Waals surface area (Å²) in [5, 5.41) is 3.64. The zero-order valence-corrected chi connectivity index (χ0v) is 14.2. The lowest BCUT2D eigenvalue weighted by Crippen LogP contribution is -2.56. The Morgan fingerprint density at radius 1 is 0.957 bits per heavy atom. The van der Waals surface area contributed by atoms with E-state index in [0.717, 1.165) is 64.6 Å². The van der Waals surface area contributed by atoms with Crippen molar-refractivity contribution in [3.63, 3.8) is 0 Å². The van der Waals surface area contributed by atoms with E-state index in [9.17, 15) is 4.79 Å². The van der Waals surface area contributed by atoms with Crippen LogP contribution in [0.1, 0.15) is 44.9 Å². The Morgan fingerprint density at radius 3 is 2.43 bits per heavy atom. The van der Waals surface area contributed by atoms with Crippen molar-refractivity contribution in [2.75, 3.05) is 39.4 Å². The highest BCUT2D eigenvalue weighted by atomic mass is 16.5. The number of amides is 1. The third kappa shape index (κ3) is 3.42. The quantitative estimate of drug-likeness (QED) is 0.831. The smallest absolute Gasteiger partial charge is 0.239 e. The van der Waals surface area contributed by atoms with Crippen molar-refractivity contribution in [3.05, 3.63) is 0 Å². The number of nitrogens with zero attached hydrogens (tertiary/aromatic N) is 2. The van der Waals surface area contributed by atoms with Gasteiger partial charge in [-0.25, -0.2) is 0 Å². The van der Waals surface area contributed by atoms with Gasteiger partial charge in [-0.2, -0.15) is 0 Å². The third-order valence-corrected chi connectivity index (χ3v) is 6.49. The molecule has 4 rings (SSSR count). The molecule has 3 saturated heterocycles. The van der Waals surface area contributed by atoms with E-state index in [1.165, 1.54) is 25.7 Å². The average Bonchev–Trinajstić information content (AvgIpc) is 3.06. The van der Waals surface area contributed by atoms with Crippen molar-refractivity contribution < 1.29 is 9.53 Å². The highest BCUT2D eigenvalue weighted by Gasteiger charge is 2.40. The first kappa shape index (κ1) is 15.9. The van der Waals surface area contributed by atoms with Crippen LogP contribution in [0.3, 0.4) is 0 Å². The summed E-state index contributed by atoms with van der Waals surface area (Å²) in [6, 6.07) is 1.38. The molecule has 130 valence electrons. The Balaban J connectivity index is 1.27. The van der Waals surface area contributed by atoms with Gasteiger partial charge in [0.25, 0.3) is 0 Å². The fourth-order valence-electron chi connectivity index (χ4n) is 5.09. The van der Waals surface area contributed by atoms with Crippen LogP contribution in [0.2, 0.25) is 0 Å². The molecule has 0 aromatic heterocycles. The van der Waals surface area contributed by atoms with Gasteiger partial charge in [0, 0.05) is 51.5 Å². The monoisotopic (exact) mass is 321 g/mol. The highest BCUT2D eigenvalue weighted by Crippen LogP contribution is 2.33. The molecule has 5 heteroatoms. The molecule has 1 N–H and O–H groups in total. The molecule has 3 unspecified atom stereocenters. The first-order chi connectivity index (χ1) is 11.3. The maximum atomic E-state index is 12.9. The Bertz CT molecular complexity index is 402. The third-order valence-electron chi connectivity index (χ3n) is 6.49. The van der Waals surface area contributed by atoms with Gasteiger partial charge < -0.3 is 15.0 Å². The molecule has 4 fully saturated rings. The van der Waals surface area contributed by atoms with Gasteiger partial charge in [0.05, 0.1) is 6.04 Å². The normalized spacial score (nSPS) is 36.9. The van der Waals surface area contributed by atoms with Crippen LogP contribution in [-0.4, -0.2) is 73.2 Å². The minimum Gasteiger partial charge on any atom is -0.381 e. The molecule has 1 amide bonds. The van der Waals surface area contributed by atoms with Gasteiger partial charge in [0.15, 0.2) is 0 Å². The van der Waals surface area contributed by atoms with E-state index >= 15 is 0 Å². The Kier molecular flexibility index (Phi) is 4.88. The summed E-state index contributed by atoms with van der Waals surface area (Å²) in [6.45, 7) is 5.69. The maximum absolute atomic E-state index is 12.9. The van der Waals surface area contributed by atoms with E-state index in [-0.39, 0.29) is 6.04 Å². The number of nitrogens with one attached hydrogen (secondary N) is 1. The summed E-state index contributed by atoms with van der Waals surface area (Å²) in [6.07, 6.45) is 8.66. The Hall–Kier alpha value is -0.650. The minimum atomic E-state index is 0.0951. The van der Waals surface area contributed by atoms with E-state index in [1.807, 2.05) is 0 Å². The number of piperazine rings is 1. The standard InChI is InChI=1S/C18H31N3O2/c22-18(17-13-14-3-1-2-4-16(14)19-17)21-9-7-20(8-10-21)15-5-11-23-12-6-15/h14-17,19H,1-13H2. The summed E-state index contributed by atoms with van der Waals surface area (Å²) in [5.41, 5.74) is 0. The molecular formula is C18H31N3O2. The van der Waals surface area contributed by atoms with Crippen LogP contribution in [0.15, 0.2) is 0 Å². The van der Waals surface area contributed by atoms with Crippen LogP contribution in [0.25, 0.3) is 0 Å². The topological polar surface area (TPSA) is 44.8 Å². The number of hydrogen-bond acceptors (Lipinski definition) is 4. The van der Waals surface area contributed by atoms with Crippen LogP contribution in [0, 0.1) is 5.92 Å². The van der Waals surface area contributed by atoms with Gasteiger partial charge in [-0.3, -0.25) is 9.69 Å². The molecule has 3 heterocycles. The maximum Gasteiger partial charge on any atom is 0.239 e. The predicted molar refractivity (Wildman–Crippen MR) is 89.3 cm³/mol. The van der Waals surface area contributed by atoms with Crippen LogP contribution in [0.5, 0.6) is 0 Å². The summed E-state index contributed by atoms with van der Waals surface area (Å²) >= 11 is 0. The van der Waals surface area contributed by atoms with Crippen LogP contribution >= 0.6 is 0 Å². The average molecular weight is 321 g/mol. The number of carbonyl (C=O) groups excluding carboxylic acids is 1. The van der Waals surface area contributed by atoms with Gasteiger partial charge in [-0.05, 0) is 38.0 Å². The zero-order chi connectivity index (χ0) is 15.6. The second kappa shape index (κ2) is 7.08. The molecule has 4 aliphatic rings. The number of ether oxygens (including phenoxy) is 1. The zero-order valence-electron chi connectivity index (χ0n) is 14.2. The second-order valence-corrected chi connectivity index (χ2v) is 7.81. The summed E-state index contributed by atoms with van der Waals surface area (Å²) in [5.74, 6) is 1.12. The Morgan fingerprint density at radius 2 is 1.70 bits per heavy atom. The largest absolute Gasteiger partial charge is 0.381 e. The fourth-order valence-corrected chi connectivity index (χ4v) is 5.09. The summed E-state index contributed by atoms with van der Waals surface area (Å²) in [4.78, 5) is 17.5. The first-order valence-corrected chi connectivity index (χ1v) is 9.68. The van der Waals surface area contributed by atoms with Crippen molar-refractivity contribution in [1.29, 1.82) is 0 Å². The first-order valence-electron chi connectivity index (χ1n) is 9.68. The van der Waals surface area contributed by atoms with Gasteiger partial charge in [0.2, 0.25) is 5.91 Å². The molecule has 3 aliphatic heterocycles. The molecule has 5 nitrogen and oxygen atoms in total. The lowest BCUT2D eigenvalue weighted by atomic mass is 9.85. The summed E-state index contributed by atoms with van der Waals surface area (Å²) in [7, 11) is 0. The van der Waals surface area contributed by atoms with Crippen LogP contribution in [0.4, 0.5) is 0 Å². The number of carbonyl (C=O) groups is 1. The van der Waals surface area contributed by atoms with Crippen molar-refractivity contribution in [1.82, 2.24) is 15.1 Å². The molecule has 0 radical (unpaired) electrons. The van der Waals surface area contributed by atoms with Crippen molar-refractivity contribution >= 4 is 5.91 Å². The minimum absolute atomic E-state index is 0.0951.